The van der Waals surface area contributed by atoms with Gasteiger partial charge in [0.25, 0.3) is 17.4 Å². The maximum atomic E-state index is 14.3. The van der Waals surface area contributed by atoms with Crippen LogP contribution in [0.15, 0.2) is 71.7 Å². The van der Waals surface area contributed by atoms with E-state index >= 15 is 0 Å². The molecule has 45 heavy (non-hydrogen) atoms. The van der Waals surface area contributed by atoms with Crippen LogP contribution in [0, 0.1) is 13.8 Å². The number of carboxylic acids is 1. The molecule has 0 fully saturated rings. The number of carbonyl (C=O) groups excluding carboxylic acids is 2. The number of nitrogens with one attached hydrogen (secondary N) is 1. The van der Waals surface area contributed by atoms with Crippen LogP contribution in [0.25, 0.3) is 22.2 Å². The number of rotatable bonds is 9. The molecule has 2 aromatic carbocycles. The van der Waals surface area contributed by atoms with Gasteiger partial charge in [-0.3, -0.25) is 14.4 Å². The molecule has 0 saturated heterocycles. The number of carbonyl (C=O) groups is 3. The maximum Gasteiger partial charge on any atom is 0.326 e. The average Bonchev–Trinajstić information content (AvgIpc) is 3.30. The predicted molar refractivity (Wildman–Crippen MR) is 171 cm³/mol. The van der Waals surface area contributed by atoms with Gasteiger partial charge in [0.1, 0.15) is 11.9 Å². The summed E-state index contributed by atoms with van der Waals surface area (Å²) in [7, 11) is 0. The molecule has 1 aliphatic carbocycles. The van der Waals surface area contributed by atoms with Gasteiger partial charge in [0.15, 0.2) is 0 Å². The lowest BCUT2D eigenvalue weighted by Crippen LogP contribution is -2.44. The van der Waals surface area contributed by atoms with Crippen LogP contribution in [0.3, 0.4) is 0 Å². The van der Waals surface area contributed by atoms with E-state index in [1.54, 1.807) is 13.1 Å². The van der Waals surface area contributed by atoms with Crippen molar-refractivity contribution < 1.29 is 19.5 Å². The second kappa shape index (κ2) is 12.0. The number of fused-ring (bicyclic) bond motifs is 1. The molecule has 230 valence electrons. The lowest BCUT2D eigenvalue weighted by molar-refractivity contribution is -0.139. The Morgan fingerprint density at radius 2 is 1.84 bits per heavy atom. The standard InChI is InChI=1S/C34H34N6O5/c1-20-17-23-11-8-12-26-30(23)39(20)29(22-9-4-3-5-10-22)19-38(32(26)42)40-21(2)36-28-18-24(14-15-25(28)33(40)43)31(41)37-27(34(44)45)13-6-7-16-35/h3-5,9-10,12,14-15,17-19,27H,6-8,11,13,16,35H2,1-2H3,(H,37,41)(H,44,45)/t27-/m0/s1. The lowest BCUT2D eigenvalue weighted by atomic mass is 9.96. The molecule has 0 spiro atoms. The zero-order valence-electron chi connectivity index (χ0n) is 25.1. The Balaban J connectivity index is 1.43. The number of nitrogens with two attached hydrogens (primary N) is 1. The van der Waals surface area contributed by atoms with Crippen molar-refractivity contribution in [3.63, 3.8) is 0 Å². The molecule has 1 aliphatic heterocycles. The van der Waals surface area contributed by atoms with Gasteiger partial charge in [-0.05, 0) is 82.3 Å². The monoisotopic (exact) mass is 606 g/mol. The molecule has 3 heterocycles. The Bertz CT molecular complexity index is 1970. The van der Waals surface area contributed by atoms with Gasteiger partial charge < -0.3 is 20.7 Å². The van der Waals surface area contributed by atoms with Gasteiger partial charge in [-0.25, -0.2) is 14.8 Å². The molecule has 0 saturated carbocycles. The Hall–Kier alpha value is -5.29. The second-order valence-electron chi connectivity index (χ2n) is 11.3. The van der Waals surface area contributed by atoms with E-state index in [2.05, 4.69) is 20.9 Å². The highest BCUT2D eigenvalue weighted by atomic mass is 16.4. The number of benzene rings is 2. The Kier molecular flexibility index (Phi) is 7.94. The van der Waals surface area contributed by atoms with Gasteiger partial charge in [-0.15, -0.1) is 0 Å². The summed E-state index contributed by atoms with van der Waals surface area (Å²) in [5.74, 6) is -1.83. The Morgan fingerprint density at radius 1 is 1.07 bits per heavy atom. The van der Waals surface area contributed by atoms with E-state index in [1.165, 1.54) is 27.9 Å². The average molecular weight is 607 g/mol. The van der Waals surface area contributed by atoms with Crippen molar-refractivity contribution in [2.75, 3.05) is 11.6 Å². The first-order valence-corrected chi connectivity index (χ1v) is 15.0. The minimum absolute atomic E-state index is 0.170. The highest BCUT2D eigenvalue weighted by Crippen LogP contribution is 2.37. The molecule has 0 radical (unpaired) electrons. The molecule has 4 N–H and O–H groups in total. The topological polar surface area (TPSA) is 153 Å². The van der Waals surface area contributed by atoms with Crippen LogP contribution < -0.4 is 21.6 Å². The van der Waals surface area contributed by atoms with E-state index < -0.39 is 23.5 Å². The van der Waals surface area contributed by atoms with Gasteiger partial charge in [0.2, 0.25) is 0 Å². The SMILES string of the molecule is Cc1cc2c3n1C(c1ccccc1)=CN(n1c(C)nc4cc(C(=O)N[C@@H](CCCCN)C(=O)O)ccc4c1=O)C(=O)C3=CCC2. The highest BCUT2D eigenvalue weighted by Gasteiger charge is 2.34. The number of carboxylic acid groups (broad SMARTS) is 1. The van der Waals surface area contributed by atoms with Crippen LogP contribution >= 0.6 is 0 Å². The van der Waals surface area contributed by atoms with Crippen molar-refractivity contribution in [1.82, 2.24) is 19.5 Å². The molecule has 1 atom stereocenters. The molecule has 11 heteroatoms. The number of hydrogen-bond acceptors (Lipinski definition) is 6. The number of amides is 2. The van der Waals surface area contributed by atoms with E-state index in [0.29, 0.717) is 31.4 Å². The predicted octanol–water partition coefficient (Wildman–Crippen LogP) is 3.48. The molecular formula is C34H34N6O5. The summed E-state index contributed by atoms with van der Waals surface area (Å²) in [5, 5.41) is 13.7. The molecule has 2 amide bonds. The summed E-state index contributed by atoms with van der Waals surface area (Å²) in [6.07, 6.45) is 6.59. The number of aryl methyl sites for hydroxylation is 3. The van der Waals surface area contributed by atoms with E-state index in [1.807, 2.05) is 43.3 Å². The van der Waals surface area contributed by atoms with E-state index in [4.69, 9.17) is 5.73 Å². The minimum atomic E-state index is -1.13. The summed E-state index contributed by atoms with van der Waals surface area (Å²) in [6, 6.07) is 15.2. The first kappa shape index (κ1) is 29.8. The summed E-state index contributed by atoms with van der Waals surface area (Å²) < 4.78 is 3.34. The lowest BCUT2D eigenvalue weighted by Gasteiger charge is -2.24. The fourth-order valence-electron chi connectivity index (χ4n) is 6.15. The van der Waals surface area contributed by atoms with E-state index in [-0.39, 0.29) is 34.6 Å². The van der Waals surface area contributed by atoms with Gasteiger partial charge >= 0.3 is 5.97 Å². The van der Waals surface area contributed by atoms with Crippen LogP contribution in [0.5, 0.6) is 0 Å². The van der Waals surface area contributed by atoms with Crippen molar-refractivity contribution in [2.24, 2.45) is 5.73 Å². The molecule has 2 aromatic heterocycles. The normalized spacial score (nSPS) is 14.8. The van der Waals surface area contributed by atoms with Crippen molar-refractivity contribution in [1.29, 1.82) is 0 Å². The van der Waals surface area contributed by atoms with Gasteiger partial charge in [-0.2, -0.15) is 4.68 Å². The van der Waals surface area contributed by atoms with Crippen LogP contribution in [-0.2, 0) is 16.0 Å². The number of hydrogen-bond donors (Lipinski definition) is 3. The third-order valence-electron chi connectivity index (χ3n) is 8.31. The number of allylic oxidation sites excluding steroid dienone is 1. The number of unbranched alkanes of at least 4 members (excludes halogenated alkanes) is 1. The van der Waals surface area contributed by atoms with E-state index in [0.717, 1.165) is 34.6 Å². The zero-order valence-corrected chi connectivity index (χ0v) is 25.1. The summed E-state index contributed by atoms with van der Waals surface area (Å²) >= 11 is 0. The third-order valence-corrected chi connectivity index (χ3v) is 8.31. The molecule has 0 bridgehead atoms. The minimum Gasteiger partial charge on any atom is -0.480 e. The quantitative estimate of drug-likeness (QED) is 0.247. The highest BCUT2D eigenvalue weighted by molar-refractivity contribution is 6.26. The molecule has 0 unspecified atom stereocenters. The summed E-state index contributed by atoms with van der Waals surface area (Å²) in [6.45, 7) is 4.08. The molecule has 2 aliphatic rings. The largest absolute Gasteiger partial charge is 0.480 e. The van der Waals surface area contributed by atoms with Crippen molar-refractivity contribution >= 4 is 40.0 Å². The van der Waals surface area contributed by atoms with Gasteiger partial charge in [-0.1, -0.05) is 36.4 Å². The molecule has 11 nitrogen and oxygen atoms in total. The van der Waals surface area contributed by atoms with Crippen LogP contribution in [-0.4, -0.2) is 49.7 Å². The second-order valence-corrected chi connectivity index (χ2v) is 11.3. The zero-order chi connectivity index (χ0) is 31.8. The molecular weight excluding hydrogens is 572 g/mol. The number of aromatic nitrogens is 3. The van der Waals surface area contributed by atoms with Crippen molar-refractivity contribution in [3.05, 3.63) is 111 Å². The Morgan fingerprint density at radius 3 is 2.58 bits per heavy atom. The first-order chi connectivity index (χ1) is 21.7. The van der Waals surface area contributed by atoms with Crippen LogP contribution in [0.1, 0.15) is 64.4 Å². The Labute approximate surface area is 259 Å². The van der Waals surface area contributed by atoms with E-state index in [9.17, 15) is 24.3 Å². The first-order valence-electron chi connectivity index (χ1n) is 15.0. The fourth-order valence-corrected chi connectivity index (χ4v) is 6.15. The van der Waals surface area contributed by atoms with Crippen molar-refractivity contribution in [2.45, 2.75) is 52.0 Å². The molecule has 6 rings (SSSR count). The third kappa shape index (κ3) is 5.35. The van der Waals surface area contributed by atoms with Gasteiger partial charge in [0, 0.05) is 16.8 Å². The fraction of sp³-hybridized carbons (Fsp3) is 0.265. The van der Waals surface area contributed by atoms with Gasteiger partial charge in [0.05, 0.1) is 34.1 Å². The molecule has 4 aromatic rings. The van der Waals surface area contributed by atoms with Crippen molar-refractivity contribution in [3.8, 4) is 0 Å². The number of aliphatic carboxylic acids is 1. The smallest absolute Gasteiger partial charge is 0.326 e. The number of nitrogens with zero attached hydrogens (tertiary/aromatic N) is 4. The van der Waals surface area contributed by atoms with Crippen LogP contribution in [0.2, 0.25) is 0 Å². The maximum absolute atomic E-state index is 14.3. The summed E-state index contributed by atoms with van der Waals surface area (Å²) in [5.41, 5.74) is 10.5. The summed E-state index contributed by atoms with van der Waals surface area (Å²) in [4.78, 5) is 57.7. The van der Waals surface area contributed by atoms with Crippen LogP contribution in [0.4, 0.5) is 0 Å².